The predicted octanol–water partition coefficient (Wildman–Crippen LogP) is 2.13. The summed E-state index contributed by atoms with van der Waals surface area (Å²) in [6.45, 7) is 0.746. The lowest BCUT2D eigenvalue weighted by Gasteiger charge is -2.36. The fourth-order valence-corrected chi connectivity index (χ4v) is 2.85. The van der Waals surface area contributed by atoms with Gasteiger partial charge in [0, 0.05) is 25.0 Å². The monoisotopic (exact) mass is 266 g/mol. The number of carboxylic acid groups (broad SMARTS) is 1. The fourth-order valence-electron chi connectivity index (χ4n) is 2.85. The molecule has 1 aliphatic carbocycles. The van der Waals surface area contributed by atoms with Crippen molar-refractivity contribution < 1.29 is 14.7 Å². The highest BCUT2D eigenvalue weighted by atomic mass is 16.4. The molecule has 1 heterocycles. The van der Waals surface area contributed by atoms with E-state index >= 15 is 0 Å². The van der Waals surface area contributed by atoms with Gasteiger partial charge >= 0.3 is 12.0 Å². The van der Waals surface area contributed by atoms with Crippen LogP contribution in [0.1, 0.15) is 44.9 Å². The van der Waals surface area contributed by atoms with E-state index in [0.29, 0.717) is 6.42 Å². The van der Waals surface area contributed by atoms with Gasteiger partial charge in [-0.2, -0.15) is 0 Å². The molecular formula is C14H22N2O3. The summed E-state index contributed by atoms with van der Waals surface area (Å²) in [6.07, 6.45) is 9.69. The third-order valence-corrected chi connectivity index (χ3v) is 3.91. The smallest absolute Gasteiger partial charge is 0.317 e. The molecule has 0 saturated carbocycles. The lowest BCUT2D eigenvalue weighted by atomic mass is 9.98. The molecule has 0 aromatic rings. The van der Waals surface area contributed by atoms with E-state index in [9.17, 15) is 9.59 Å². The minimum Gasteiger partial charge on any atom is -0.481 e. The molecule has 2 amide bonds. The van der Waals surface area contributed by atoms with E-state index in [1.165, 1.54) is 0 Å². The van der Waals surface area contributed by atoms with Gasteiger partial charge in [0.2, 0.25) is 0 Å². The first-order valence-corrected chi connectivity index (χ1v) is 7.10. The number of aliphatic carboxylic acids is 1. The maximum absolute atomic E-state index is 12.2. The Kier molecular flexibility index (Phi) is 4.82. The zero-order valence-electron chi connectivity index (χ0n) is 11.2. The quantitative estimate of drug-likeness (QED) is 0.766. The number of likely N-dealkylation sites (tertiary alicyclic amines) is 1. The Bertz CT molecular complexity index is 360. The number of nitrogens with one attached hydrogen (secondary N) is 1. The van der Waals surface area contributed by atoms with Gasteiger partial charge in [0.25, 0.3) is 0 Å². The minimum atomic E-state index is -0.786. The number of urea groups is 1. The number of hydrogen-bond acceptors (Lipinski definition) is 2. The van der Waals surface area contributed by atoms with Crippen molar-refractivity contribution >= 4 is 12.0 Å². The van der Waals surface area contributed by atoms with Crippen LogP contribution in [0.3, 0.4) is 0 Å². The maximum atomic E-state index is 12.2. The van der Waals surface area contributed by atoms with E-state index in [4.69, 9.17) is 5.11 Å². The summed E-state index contributed by atoms with van der Waals surface area (Å²) in [6, 6.07) is 0.276. The average molecular weight is 266 g/mol. The van der Waals surface area contributed by atoms with Crippen LogP contribution in [0.5, 0.6) is 0 Å². The molecule has 0 radical (unpaired) electrons. The minimum absolute atomic E-state index is 0.0243. The second kappa shape index (κ2) is 6.59. The van der Waals surface area contributed by atoms with Gasteiger partial charge in [-0.25, -0.2) is 4.79 Å². The van der Waals surface area contributed by atoms with Crippen LogP contribution >= 0.6 is 0 Å². The average Bonchev–Trinajstić information content (AvgIpc) is 2.89. The van der Waals surface area contributed by atoms with Crippen molar-refractivity contribution in [1.29, 1.82) is 0 Å². The van der Waals surface area contributed by atoms with Crippen LogP contribution in [-0.2, 0) is 4.79 Å². The summed E-state index contributed by atoms with van der Waals surface area (Å²) < 4.78 is 0. The zero-order chi connectivity index (χ0) is 13.7. The lowest BCUT2D eigenvalue weighted by molar-refractivity contribution is -0.137. The molecule has 5 heteroatoms. The van der Waals surface area contributed by atoms with Gasteiger partial charge in [0.1, 0.15) is 0 Å². The highest BCUT2D eigenvalue weighted by Gasteiger charge is 2.28. The van der Waals surface area contributed by atoms with Gasteiger partial charge in [0.15, 0.2) is 0 Å². The van der Waals surface area contributed by atoms with Crippen molar-refractivity contribution in [3.8, 4) is 0 Å². The van der Waals surface area contributed by atoms with Crippen molar-refractivity contribution in [3.63, 3.8) is 0 Å². The van der Waals surface area contributed by atoms with Crippen LogP contribution < -0.4 is 5.32 Å². The standard InChI is InChI=1S/C14H22N2O3/c17-13(18)9-8-12-7-3-4-10-16(12)14(19)15-11-5-1-2-6-11/h1-2,11-12H,3-10H2,(H,15,19)(H,17,18). The summed E-state index contributed by atoms with van der Waals surface area (Å²) in [7, 11) is 0. The first-order chi connectivity index (χ1) is 9.16. The van der Waals surface area contributed by atoms with Crippen LogP contribution in [0.4, 0.5) is 4.79 Å². The first-order valence-electron chi connectivity index (χ1n) is 7.10. The largest absolute Gasteiger partial charge is 0.481 e. The molecule has 5 nitrogen and oxygen atoms in total. The van der Waals surface area contributed by atoms with Crippen molar-refractivity contribution in [2.75, 3.05) is 6.54 Å². The summed E-state index contributed by atoms with van der Waals surface area (Å²) in [5.74, 6) is -0.786. The van der Waals surface area contributed by atoms with Gasteiger partial charge in [-0.15, -0.1) is 0 Å². The molecule has 1 aliphatic heterocycles. The Morgan fingerprint density at radius 2 is 2.00 bits per heavy atom. The number of nitrogens with zero attached hydrogens (tertiary/aromatic N) is 1. The molecule has 19 heavy (non-hydrogen) atoms. The van der Waals surface area contributed by atoms with Crippen molar-refractivity contribution in [3.05, 3.63) is 12.2 Å². The van der Waals surface area contributed by atoms with E-state index in [2.05, 4.69) is 17.5 Å². The normalized spacial score (nSPS) is 23.6. The second-order valence-electron chi connectivity index (χ2n) is 5.36. The first kappa shape index (κ1) is 13.9. The van der Waals surface area contributed by atoms with Gasteiger partial charge in [0.05, 0.1) is 0 Å². The summed E-state index contributed by atoms with van der Waals surface area (Å²) in [5, 5.41) is 11.8. The molecule has 1 fully saturated rings. The number of piperidine rings is 1. The molecule has 1 unspecified atom stereocenters. The van der Waals surface area contributed by atoms with Crippen molar-refractivity contribution in [2.24, 2.45) is 0 Å². The number of carbonyl (C=O) groups excluding carboxylic acids is 1. The van der Waals surface area contributed by atoms with Crippen LogP contribution in [0.2, 0.25) is 0 Å². The Balaban J connectivity index is 1.86. The van der Waals surface area contributed by atoms with Gasteiger partial charge in [-0.1, -0.05) is 12.2 Å². The van der Waals surface area contributed by atoms with Gasteiger partial charge in [-0.05, 0) is 38.5 Å². The summed E-state index contributed by atoms with van der Waals surface area (Å²) >= 11 is 0. The molecule has 2 N–H and O–H groups in total. The third-order valence-electron chi connectivity index (χ3n) is 3.91. The molecular weight excluding hydrogens is 244 g/mol. The molecule has 2 rings (SSSR count). The molecule has 0 spiro atoms. The summed E-state index contributed by atoms with van der Waals surface area (Å²) in [4.78, 5) is 24.8. The van der Waals surface area contributed by atoms with E-state index < -0.39 is 5.97 Å². The molecule has 106 valence electrons. The third kappa shape index (κ3) is 3.98. The second-order valence-corrected chi connectivity index (χ2v) is 5.36. The number of carbonyl (C=O) groups is 2. The van der Waals surface area contributed by atoms with Crippen LogP contribution in [-0.4, -0.2) is 40.6 Å². The lowest BCUT2D eigenvalue weighted by Crippen LogP contribution is -2.51. The van der Waals surface area contributed by atoms with Crippen molar-refractivity contribution in [2.45, 2.75) is 57.0 Å². The molecule has 0 bridgehead atoms. The number of carboxylic acids is 1. The van der Waals surface area contributed by atoms with Gasteiger partial charge < -0.3 is 15.3 Å². The maximum Gasteiger partial charge on any atom is 0.317 e. The molecule has 2 aliphatic rings. The van der Waals surface area contributed by atoms with E-state index in [-0.39, 0.29) is 24.5 Å². The van der Waals surface area contributed by atoms with Crippen LogP contribution in [0.15, 0.2) is 12.2 Å². The Labute approximate surface area is 113 Å². The highest BCUT2D eigenvalue weighted by Crippen LogP contribution is 2.21. The molecule has 1 saturated heterocycles. The molecule has 0 aromatic carbocycles. The van der Waals surface area contributed by atoms with Crippen LogP contribution in [0.25, 0.3) is 0 Å². The highest BCUT2D eigenvalue weighted by molar-refractivity contribution is 5.75. The number of hydrogen-bond donors (Lipinski definition) is 2. The van der Waals surface area contributed by atoms with E-state index in [1.807, 2.05) is 4.90 Å². The molecule has 0 aromatic heterocycles. The number of rotatable bonds is 4. The topological polar surface area (TPSA) is 69.6 Å². The van der Waals surface area contributed by atoms with Crippen molar-refractivity contribution in [1.82, 2.24) is 10.2 Å². The molecule has 1 atom stereocenters. The SMILES string of the molecule is O=C(O)CCC1CCCCN1C(=O)NC1CC=CC1. The Morgan fingerprint density at radius 1 is 1.26 bits per heavy atom. The Hall–Kier alpha value is -1.52. The van der Waals surface area contributed by atoms with E-state index in [0.717, 1.165) is 38.6 Å². The zero-order valence-corrected chi connectivity index (χ0v) is 11.2. The number of amides is 2. The van der Waals surface area contributed by atoms with Gasteiger partial charge in [-0.3, -0.25) is 4.79 Å². The van der Waals surface area contributed by atoms with E-state index in [1.54, 1.807) is 0 Å². The predicted molar refractivity (Wildman–Crippen MR) is 71.9 cm³/mol. The fraction of sp³-hybridized carbons (Fsp3) is 0.714. The summed E-state index contributed by atoms with van der Waals surface area (Å²) in [5.41, 5.74) is 0. The van der Waals surface area contributed by atoms with Crippen LogP contribution in [0, 0.1) is 0 Å². The Morgan fingerprint density at radius 3 is 2.68 bits per heavy atom.